The van der Waals surface area contributed by atoms with Gasteiger partial charge < -0.3 is 10.8 Å². The lowest BCUT2D eigenvalue weighted by Gasteiger charge is -2.35. The molecule has 0 radical (unpaired) electrons. The molecule has 0 aliphatic heterocycles. The maximum atomic E-state index is 12.2. The average molecular weight is 183 g/mol. The van der Waals surface area contributed by atoms with Crippen molar-refractivity contribution >= 4 is 0 Å². The Morgan fingerprint density at radius 1 is 1.25 bits per heavy atom. The number of halogens is 3. The Hall–Kier alpha value is -0.290. The number of nitrogens with two attached hydrogens (primary N) is 1. The summed E-state index contributed by atoms with van der Waals surface area (Å²) in [5, 5.41) is 9.14. The molecule has 0 saturated heterocycles. The lowest BCUT2D eigenvalue weighted by Crippen LogP contribution is -2.49. The lowest BCUT2D eigenvalue weighted by atomic mass is 9.82. The summed E-state index contributed by atoms with van der Waals surface area (Å²) in [6, 6.07) is -0.187. The first-order valence-electron chi connectivity index (χ1n) is 3.90. The molecule has 0 aromatic heterocycles. The van der Waals surface area contributed by atoms with E-state index in [9.17, 15) is 13.2 Å². The molecule has 0 aromatic carbocycles. The van der Waals surface area contributed by atoms with Gasteiger partial charge in [-0.2, -0.15) is 13.2 Å². The van der Waals surface area contributed by atoms with E-state index in [1.807, 2.05) is 0 Å². The molecule has 1 aliphatic carbocycles. The van der Waals surface area contributed by atoms with Crippen LogP contribution < -0.4 is 5.73 Å². The van der Waals surface area contributed by atoms with Crippen molar-refractivity contribution in [1.82, 2.24) is 0 Å². The highest BCUT2D eigenvalue weighted by molar-refractivity contribution is 4.92. The smallest absolute Gasteiger partial charge is 0.380 e. The van der Waals surface area contributed by atoms with Crippen LogP contribution >= 0.6 is 0 Å². The molecule has 1 saturated carbocycles. The summed E-state index contributed by atoms with van der Waals surface area (Å²) in [6.07, 6.45) is -4.55. The number of hydrogen-bond acceptors (Lipinski definition) is 2. The normalized spacial score (nSPS) is 38.2. The third kappa shape index (κ3) is 1.72. The Kier molecular flexibility index (Phi) is 2.35. The fraction of sp³-hybridized carbons (Fsp3) is 1.00. The van der Waals surface area contributed by atoms with Crippen molar-refractivity contribution in [3.8, 4) is 0 Å². The fourth-order valence-corrected chi connectivity index (χ4v) is 1.40. The van der Waals surface area contributed by atoms with Gasteiger partial charge in [-0.1, -0.05) is 0 Å². The number of alkyl halides is 3. The van der Waals surface area contributed by atoms with Gasteiger partial charge in [-0.3, -0.25) is 0 Å². The summed E-state index contributed by atoms with van der Waals surface area (Å²) in [5.74, 6) is 0. The molecule has 0 amide bonds. The molecule has 5 heteroatoms. The predicted octanol–water partition coefficient (Wildman–Crippen LogP) is 1.18. The molecule has 12 heavy (non-hydrogen) atoms. The van der Waals surface area contributed by atoms with E-state index in [-0.39, 0.29) is 31.7 Å². The molecular weight excluding hydrogens is 171 g/mol. The second-order valence-corrected chi connectivity index (χ2v) is 3.37. The van der Waals surface area contributed by atoms with Crippen molar-refractivity contribution in [2.24, 2.45) is 5.73 Å². The average Bonchev–Trinajstić information content (AvgIpc) is 1.93. The Morgan fingerprint density at radius 3 is 2.00 bits per heavy atom. The molecule has 3 N–H and O–H groups in total. The second kappa shape index (κ2) is 2.88. The van der Waals surface area contributed by atoms with Crippen molar-refractivity contribution < 1.29 is 18.3 Å². The maximum absolute atomic E-state index is 12.2. The zero-order valence-corrected chi connectivity index (χ0v) is 6.56. The maximum Gasteiger partial charge on any atom is 0.417 e. The van der Waals surface area contributed by atoms with E-state index >= 15 is 0 Å². The summed E-state index contributed by atoms with van der Waals surface area (Å²) >= 11 is 0. The molecule has 0 bridgehead atoms. The number of hydrogen-bond donors (Lipinski definition) is 2. The molecule has 1 rings (SSSR count). The zero-order chi connectivity index (χ0) is 9.41. The first-order chi connectivity index (χ1) is 5.35. The van der Waals surface area contributed by atoms with Crippen molar-refractivity contribution in [2.75, 3.05) is 0 Å². The molecule has 72 valence electrons. The molecule has 0 atom stereocenters. The lowest BCUT2D eigenvalue weighted by molar-refractivity contribution is -0.270. The zero-order valence-electron chi connectivity index (χ0n) is 6.56. The van der Waals surface area contributed by atoms with E-state index in [1.54, 1.807) is 0 Å². The van der Waals surface area contributed by atoms with Crippen LogP contribution in [0.2, 0.25) is 0 Å². The van der Waals surface area contributed by atoms with Crippen LogP contribution in [0.25, 0.3) is 0 Å². The van der Waals surface area contributed by atoms with Crippen LogP contribution in [0.3, 0.4) is 0 Å². The molecular formula is C7H12F3NO. The summed E-state index contributed by atoms with van der Waals surface area (Å²) in [7, 11) is 0. The van der Waals surface area contributed by atoms with Crippen LogP contribution in [0, 0.1) is 0 Å². The Morgan fingerprint density at radius 2 is 1.67 bits per heavy atom. The fourth-order valence-electron chi connectivity index (χ4n) is 1.40. The predicted molar refractivity (Wildman–Crippen MR) is 37.4 cm³/mol. The van der Waals surface area contributed by atoms with E-state index in [2.05, 4.69) is 0 Å². The van der Waals surface area contributed by atoms with Crippen molar-refractivity contribution in [3.05, 3.63) is 0 Å². The van der Waals surface area contributed by atoms with Gasteiger partial charge in [-0.25, -0.2) is 0 Å². The van der Waals surface area contributed by atoms with Gasteiger partial charge in [0.2, 0.25) is 0 Å². The summed E-state index contributed by atoms with van der Waals surface area (Å²) in [6.45, 7) is 0. The topological polar surface area (TPSA) is 46.2 Å². The largest absolute Gasteiger partial charge is 0.417 e. The van der Waals surface area contributed by atoms with Crippen molar-refractivity contribution in [1.29, 1.82) is 0 Å². The molecule has 0 spiro atoms. The van der Waals surface area contributed by atoms with Gasteiger partial charge in [-0.05, 0) is 25.7 Å². The monoisotopic (exact) mass is 183 g/mol. The minimum Gasteiger partial charge on any atom is -0.380 e. The SMILES string of the molecule is N[C@H]1CC[C@](O)(C(F)(F)F)CC1. The van der Waals surface area contributed by atoms with Gasteiger partial charge in [0.15, 0.2) is 5.60 Å². The van der Waals surface area contributed by atoms with Crippen molar-refractivity contribution in [2.45, 2.75) is 43.5 Å². The molecule has 0 heterocycles. The van der Waals surface area contributed by atoms with E-state index in [0.717, 1.165) is 0 Å². The van der Waals surface area contributed by atoms with E-state index in [4.69, 9.17) is 10.8 Å². The highest BCUT2D eigenvalue weighted by Gasteiger charge is 2.54. The van der Waals surface area contributed by atoms with Crippen molar-refractivity contribution in [3.63, 3.8) is 0 Å². The van der Waals surface area contributed by atoms with Gasteiger partial charge in [0.1, 0.15) is 0 Å². The van der Waals surface area contributed by atoms with Gasteiger partial charge in [0.05, 0.1) is 0 Å². The third-order valence-corrected chi connectivity index (χ3v) is 2.39. The Labute approximate surface area is 68.6 Å². The van der Waals surface area contributed by atoms with E-state index in [0.29, 0.717) is 0 Å². The van der Waals surface area contributed by atoms with Crippen LogP contribution in [0.5, 0.6) is 0 Å². The standard InChI is InChI=1S/C7H12F3NO/c8-7(9,10)6(12)3-1-5(11)2-4-6/h5,12H,1-4,11H2/t5-,6+. The van der Waals surface area contributed by atoms with Crippen LogP contribution in [-0.4, -0.2) is 22.9 Å². The quantitative estimate of drug-likeness (QED) is 0.592. The molecule has 0 aromatic rings. The Bertz CT molecular complexity index is 161. The first kappa shape index (κ1) is 9.80. The minimum atomic E-state index is -4.51. The van der Waals surface area contributed by atoms with E-state index < -0.39 is 11.8 Å². The first-order valence-corrected chi connectivity index (χ1v) is 3.90. The summed E-state index contributed by atoms with van der Waals surface area (Å²) in [5.41, 5.74) is 2.94. The second-order valence-electron chi connectivity index (χ2n) is 3.37. The summed E-state index contributed by atoms with van der Waals surface area (Å²) in [4.78, 5) is 0. The number of rotatable bonds is 0. The summed E-state index contributed by atoms with van der Waals surface area (Å²) < 4.78 is 36.5. The van der Waals surface area contributed by atoms with Crippen LogP contribution in [-0.2, 0) is 0 Å². The third-order valence-electron chi connectivity index (χ3n) is 2.39. The Balaban J connectivity index is 2.62. The van der Waals surface area contributed by atoms with Crippen LogP contribution in [0.1, 0.15) is 25.7 Å². The van der Waals surface area contributed by atoms with Gasteiger partial charge >= 0.3 is 6.18 Å². The van der Waals surface area contributed by atoms with Gasteiger partial charge in [0, 0.05) is 6.04 Å². The van der Waals surface area contributed by atoms with Gasteiger partial charge in [-0.15, -0.1) is 0 Å². The minimum absolute atomic E-state index is 0.187. The van der Waals surface area contributed by atoms with Gasteiger partial charge in [0.25, 0.3) is 0 Å². The highest BCUT2D eigenvalue weighted by Crippen LogP contribution is 2.40. The molecule has 1 aliphatic rings. The molecule has 2 nitrogen and oxygen atoms in total. The van der Waals surface area contributed by atoms with Crippen LogP contribution in [0.15, 0.2) is 0 Å². The van der Waals surface area contributed by atoms with Crippen LogP contribution in [0.4, 0.5) is 13.2 Å². The molecule has 0 unspecified atom stereocenters. The highest BCUT2D eigenvalue weighted by atomic mass is 19.4. The molecule has 1 fully saturated rings. The van der Waals surface area contributed by atoms with E-state index in [1.165, 1.54) is 0 Å². The number of aliphatic hydroxyl groups is 1.